The van der Waals surface area contributed by atoms with Gasteiger partial charge in [0.1, 0.15) is 0 Å². The van der Waals surface area contributed by atoms with E-state index in [0.717, 1.165) is 29.7 Å². The molecule has 2 aromatic heterocycles. The molecule has 3 rings (SSSR count). The summed E-state index contributed by atoms with van der Waals surface area (Å²) >= 11 is 0. The highest BCUT2D eigenvalue weighted by Crippen LogP contribution is 2.16. The fourth-order valence-corrected chi connectivity index (χ4v) is 2.56. The fraction of sp³-hybridized carbons (Fsp3) is 0.438. The van der Waals surface area contributed by atoms with Crippen LogP contribution in [0.3, 0.4) is 0 Å². The first-order valence-electron chi connectivity index (χ1n) is 7.77. The fourth-order valence-electron chi connectivity index (χ4n) is 2.56. The number of aromatic nitrogens is 3. The van der Waals surface area contributed by atoms with Gasteiger partial charge in [-0.3, -0.25) is 9.67 Å². The minimum Gasteiger partial charge on any atom is -0.381 e. The van der Waals surface area contributed by atoms with Gasteiger partial charge in [-0.05, 0) is 30.5 Å². The van der Waals surface area contributed by atoms with E-state index >= 15 is 0 Å². The molecule has 1 aliphatic rings. The van der Waals surface area contributed by atoms with Gasteiger partial charge in [-0.25, -0.2) is 4.79 Å². The van der Waals surface area contributed by atoms with E-state index in [1.165, 1.54) is 0 Å². The molecule has 2 N–H and O–H groups in total. The monoisotopic (exact) mass is 315 g/mol. The van der Waals surface area contributed by atoms with E-state index in [2.05, 4.69) is 20.7 Å². The second-order valence-corrected chi connectivity index (χ2v) is 5.67. The minimum atomic E-state index is -0.142. The van der Waals surface area contributed by atoms with Crippen LogP contribution in [-0.4, -0.2) is 40.1 Å². The molecule has 0 aliphatic carbocycles. The van der Waals surface area contributed by atoms with Crippen LogP contribution in [0.5, 0.6) is 0 Å². The van der Waals surface area contributed by atoms with Gasteiger partial charge < -0.3 is 15.4 Å². The molecule has 1 aliphatic heterocycles. The molecule has 0 atom stereocenters. The van der Waals surface area contributed by atoms with Crippen molar-refractivity contribution in [3.8, 4) is 11.3 Å². The molecule has 1 saturated heterocycles. The predicted octanol–water partition coefficient (Wildman–Crippen LogP) is 1.46. The highest BCUT2D eigenvalue weighted by atomic mass is 16.5. The van der Waals surface area contributed by atoms with Gasteiger partial charge in [-0.1, -0.05) is 0 Å². The Balaban J connectivity index is 1.54. The SMILES string of the molecule is Cn1cc(-c2cc(CNC(=O)NC3CCOCC3)ccn2)cn1. The van der Waals surface area contributed by atoms with Gasteiger partial charge in [-0.2, -0.15) is 5.10 Å². The quantitative estimate of drug-likeness (QED) is 0.895. The number of urea groups is 1. The first kappa shape index (κ1) is 15.5. The van der Waals surface area contributed by atoms with Crippen molar-refractivity contribution in [1.82, 2.24) is 25.4 Å². The normalized spacial score (nSPS) is 15.3. The summed E-state index contributed by atoms with van der Waals surface area (Å²) in [4.78, 5) is 16.3. The second-order valence-electron chi connectivity index (χ2n) is 5.67. The molecule has 0 radical (unpaired) electrons. The van der Waals surface area contributed by atoms with E-state index in [1.807, 2.05) is 25.4 Å². The number of amides is 2. The van der Waals surface area contributed by atoms with Crippen LogP contribution in [0.1, 0.15) is 18.4 Å². The molecular weight excluding hydrogens is 294 g/mol. The van der Waals surface area contributed by atoms with E-state index < -0.39 is 0 Å². The van der Waals surface area contributed by atoms with Crippen LogP contribution in [-0.2, 0) is 18.3 Å². The highest BCUT2D eigenvalue weighted by Gasteiger charge is 2.15. The number of pyridine rings is 1. The summed E-state index contributed by atoms with van der Waals surface area (Å²) in [5.41, 5.74) is 2.81. The van der Waals surface area contributed by atoms with Gasteiger partial charge >= 0.3 is 6.03 Å². The molecule has 0 unspecified atom stereocenters. The van der Waals surface area contributed by atoms with Crippen molar-refractivity contribution in [2.45, 2.75) is 25.4 Å². The van der Waals surface area contributed by atoms with Crippen molar-refractivity contribution in [3.05, 3.63) is 36.3 Å². The molecule has 2 aromatic rings. The Kier molecular flexibility index (Phi) is 4.87. The number of hydrogen-bond acceptors (Lipinski definition) is 4. The highest BCUT2D eigenvalue weighted by molar-refractivity contribution is 5.74. The topological polar surface area (TPSA) is 81.1 Å². The summed E-state index contributed by atoms with van der Waals surface area (Å²) < 4.78 is 7.02. The lowest BCUT2D eigenvalue weighted by Crippen LogP contribution is -2.44. The lowest BCUT2D eigenvalue weighted by Gasteiger charge is -2.23. The first-order chi connectivity index (χ1) is 11.2. The van der Waals surface area contributed by atoms with Crippen LogP contribution >= 0.6 is 0 Å². The number of rotatable bonds is 4. The molecule has 3 heterocycles. The average Bonchev–Trinajstić information content (AvgIpc) is 3.01. The van der Waals surface area contributed by atoms with Crippen LogP contribution in [0.4, 0.5) is 4.79 Å². The number of ether oxygens (including phenoxy) is 1. The molecule has 122 valence electrons. The minimum absolute atomic E-state index is 0.142. The summed E-state index contributed by atoms with van der Waals surface area (Å²) in [6.45, 7) is 1.89. The lowest BCUT2D eigenvalue weighted by molar-refractivity contribution is 0.0801. The van der Waals surface area contributed by atoms with Crippen LogP contribution in [0.15, 0.2) is 30.7 Å². The summed E-state index contributed by atoms with van der Waals surface area (Å²) in [7, 11) is 1.87. The Morgan fingerprint density at radius 1 is 1.43 bits per heavy atom. The zero-order valence-electron chi connectivity index (χ0n) is 13.2. The van der Waals surface area contributed by atoms with Crippen LogP contribution in [0, 0.1) is 0 Å². The molecule has 0 bridgehead atoms. The standard InChI is InChI=1S/C16H21N5O2/c1-21-11-13(10-19-21)15-8-12(2-5-17-15)9-18-16(22)20-14-3-6-23-7-4-14/h2,5,8,10-11,14H,3-4,6-7,9H2,1H3,(H2,18,20,22). The van der Waals surface area contributed by atoms with Crippen molar-refractivity contribution in [2.24, 2.45) is 7.05 Å². The maximum absolute atomic E-state index is 12.0. The van der Waals surface area contributed by atoms with E-state index in [-0.39, 0.29) is 12.1 Å². The molecule has 0 saturated carbocycles. The molecule has 2 amide bonds. The third-order valence-electron chi connectivity index (χ3n) is 3.83. The van der Waals surface area contributed by atoms with Crippen LogP contribution < -0.4 is 10.6 Å². The van der Waals surface area contributed by atoms with Crippen molar-refractivity contribution < 1.29 is 9.53 Å². The van der Waals surface area contributed by atoms with Gasteiger partial charge in [0.2, 0.25) is 0 Å². The Morgan fingerprint density at radius 2 is 2.26 bits per heavy atom. The summed E-state index contributed by atoms with van der Waals surface area (Å²) in [6.07, 6.45) is 7.17. The van der Waals surface area contributed by atoms with E-state index in [1.54, 1.807) is 17.1 Å². The summed E-state index contributed by atoms with van der Waals surface area (Å²) in [6, 6.07) is 3.92. The number of hydrogen-bond donors (Lipinski definition) is 2. The Bertz CT molecular complexity index is 664. The van der Waals surface area contributed by atoms with E-state index in [4.69, 9.17) is 4.74 Å². The van der Waals surface area contributed by atoms with Gasteiger partial charge in [0, 0.05) is 50.8 Å². The second kappa shape index (κ2) is 7.23. The largest absolute Gasteiger partial charge is 0.381 e. The van der Waals surface area contributed by atoms with Crippen molar-refractivity contribution in [2.75, 3.05) is 13.2 Å². The third-order valence-corrected chi connectivity index (χ3v) is 3.83. The number of nitrogens with zero attached hydrogens (tertiary/aromatic N) is 3. The average molecular weight is 315 g/mol. The Labute approximate surface area is 135 Å². The van der Waals surface area contributed by atoms with Crippen LogP contribution in [0.25, 0.3) is 11.3 Å². The number of nitrogens with one attached hydrogen (secondary N) is 2. The van der Waals surface area contributed by atoms with Gasteiger partial charge in [0.25, 0.3) is 0 Å². The number of carbonyl (C=O) groups excluding carboxylic acids is 1. The molecule has 7 nitrogen and oxygen atoms in total. The lowest BCUT2D eigenvalue weighted by atomic mass is 10.1. The zero-order valence-corrected chi connectivity index (χ0v) is 13.2. The molecule has 7 heteroatoms. The van der Waals surface area contributed by atoms with Gasteiger partial charge in [-0.15, -0.1) is 0 Å². The Morgan fingerprint density at radius 3 is 3.00 bits per heavy atom. The molecule has 1 fully saturated rings. The predicted molar refractivity (Wildman–Crippen MR) is 85.7 cm³/mol. The number of carbonyl (C=O) groups is 1. The summed E-state index contributed by atoms with van der Waals surface area (Å²) in [5.74, 6) is 0. The summed E-state index contributed by atoms with van der Waals surface area (Å²) in [5, 5.41) is 10.0. The van der Waals surface area contributed by atoms with E-state index in [9.17, 15) is 4.79 Å². The van der Waals surface area contributed by atoms with Gasteiger partial charge in [0.05, 0.1) is 11.9 Å². The molecule has 23 heavy (non-hydrogen) atoms. The van der Waals surface area contributed by atoms with Crippen molar-refractivity contribution in [3.63, 3.8) is 0 Å². The zero-order chi connectivity index (χ0) is 16.1. The molecule has 0 aromatic carbocycles. The first-order valence-corrected chi connectivity index (χ1v) is 7.77. The Hall–Kier alpha value is -2.41. The third kappa shape index (κ3) is 4.29. The maximum atomic E-state index is 12.0. The van der Waals surface area contributed by atoms with Crippen LogP contribution in [0.2, 0.25) is 0 Å². The van der Waals surface area contributed by atoms with Crippen molar-refractivity contribution >= 4 is 6.03 Å². The molecule has 0 spiro atoms. The van der Waals surface area contributed by atoms with E-state index in [0.29, 0.717) is 19.8 Å². The smallest absolute Gasteiger partial charge is 0.315 e. The van der Waals surface area contributed by atoms with Crippen molar-refractivity contribution in [1.29, 1.82) is 0 Å². The van der Waals surface area contributed by atoms with Gasteiger partial charge in [0.15, 0.2) is 0 Å². The molecular formula is C16H21N5O2. The maximum Gasteiger partial charge on any atom is 0.315 e. The number of aryl methyl sites for hydroxylation is 1.